The lowest BCUT2D eigenvalue weighted by atomic mass is 10.2. The molecule has 1 atom stereocenters. The zero-order valence-corrected chi connectivity index (χ0v) is 20.0. The lowest BCUT2D eigenvalue weighted by molar-refractivity contribution is -0.137. The maximum atomic E-state index is 13.0. The highest BCUT2D eigenvalue weighted by molar-refractivity contribution is 7.99. The van der Waals surface area contributed by atoms with Gasteiger partial charge in [0.1, 0.15) is 5.75 Å². The van der Waals surface area contributed by atoms with E-state index in [9.17, 15) is 18.0 Å². The molecular weight excluding hydrogens is 489 g/mol. The molecule has 1 unspecified atom stereocenters. The molecule has 3 rings (SSSR count). The van der Waals surface area contributed by atoms with Crippen LogP contribution >= 0.6 is 23.4 Å². The number of hydrogen-bond donors (Lipinski definition) is 1. The Bertz CT molecular complexity index is 1180. The summed E-state index contributed by atoms with van der Waals surface area (Å²) in [5.74, 6) is 0.581. The Balaban J connectivity index is 1.69. The fourth-order valence-electron chi connectivity index (χ4n) is 3.07. The van der Waals surface area contributed by atoms with E-state index >= 15 is 0 Å². The summed E-state index contributed by atoms with van der Waals surface area (Å²) in [5.41, 5.74) is 0.0359. The highest BCUT2D eigenvalue weighted by Gasteiger charge is 2.31. The second-order valence-corrected chi connectivity index (χ2v) is 8.70. The van der Waals surface area contributed by atoms with Crippen LogP contribution in [0.1, 0.15) is 30.0 Å². The van der Waals surface area contributed by atoms with Crippen LogP contribution in [0.3, 0.4) is 0 Å². The minimum absolute atomic E-state index is 0.00517. The molecule has 180 valence electrons. The number of hydrogen-bond acceptors (Lipinski definition) is 5. The Kier molecular flexibility index (Phi) is 8.27. The van der Waals surface area contributed by atoms with Gasteiger partial charge in [-0.05, 0) is 49.7 Å². The highest BCUT2D eigenvalue weighted by Crippen LogP contribution is 2.34. The summed E-state index contributed by atoms with van der Waals surface area (Å²) in [5, 5.41) is 11.2. The van der Waals surface area contributed by atoms with Crippen molar-refractivity contribution < 1.29 is 22.7 Å². The Hall–Kier alpha value is -2.98. The van der Waals surface area contributed by atoms with Gasteiger partial charge >= 0.3 is 6.18 Å². The van der Waals surface area contributed by atoms with Crippen molar-refractivity contribution >= 4 is 35.0 Å². The number of thioether (sulfide) groups is 1. The molecule has 3 aromatic rings. The first-order valence-electron chi connectivity index (χ1n) is 10.1. The van der Waals surface area contributed by atoms with Gasteiger partial charge in [-0.1, -0.05) is 41.6 Å². The molecule has 0 aliphatic carbocycles. The van der Waals surface area contributed by atoms with Crippen molar-refractivity contribution in [2.45, 2.75) is 37.8 Å². The van der Waals surface area contributed by atoms with Crippen LogP contribution in [0.2, 0.25) is 5.02 Å². The average molecular weight is 511 g/mol. The molecule has 0 aliphatic heterocycles. The minimum Gasteiger partial charge on any atom is -0.483 e. The second-order valence-electron chi connectivity index (χ2n) is 7.35. The predicted molar refractivity (Wildman–Crippen MR) is 126 cm³/mol. The maximum absolute atomic E-state index is 13.0. The van der Waals surface area contributed by atoms with E-state index in [-0.39, 0.29) is 16.5 Å². The van der Waals surface area contributed by atoms with Gasteiger partial charge in [0, 0.05) is 6.54 Å². The fourth-order valence-corrected chi connectivity index (χ4v) is 3.99. The summed E-state index contributed by atoms with van der Waals surface area (Å²) in [6.07, 6.45) is -3.31. The number of anilines is 1. The zero-order chi connectivity index (χ0) is 24.9. The van der Waals surface area contributed by atoms with Gasteiger partial charge < -0.3 is 10.1 Å². The molecule has 1 N–H and O–H groups in total. The lowest BCUT2D eigenvalue weighted by Gasteiger charge is -2.16. The number of alkyl halides is 3. The molecular formula is C23H22ClF3N4O2S. The summed E-state index contributed by atoms with van der Waals surface area (Å²) in [6.45, 7) is 7.93. The molecule has 0 fully saturated rings. The van der Waals surface area contributed by atoms with Crippen molar-refractivity contribution in [1.82, 2.24) is 14.8 Å². The number of rotatable bonds is 9. The Morgan fingerprint density at radius 2 is 2.06 bits per heavy atom. The Morgan fingerprint density at radius 3 is 2.74 bits per heavy atom. The van der Waals surface area contributed by atoms with Crippen LogP contribution in [0, 0.1) is 6.92 Å². The zero-order valence-electron chi connectivity index (χ0n) is 18.4. The number of carbonyl (C=O) groups excluding carboxylic acids is 1. The molecule has 1 heterocycles. The fraction of sp³-hybridized carbons (Fsp3) is 0.261. The van der Waals surface area contributed by atoms with Crippen LogP contribution in [0.25, 0.3) is 0 Å². The van der Waals surface area contributed by atoms with Crippen LogP contribution in [0.5, 0.6) is 5.75 Å². The first-order valence-corrected chi connectivity index (χ1v) is 11.5. The summed E-state index contributed by atoms with van der Waals surface area (Å²) < 4.78 is 46.6. The van der Waals surface area contributed by atoms with Crippen molar-refractivity contribution in [3.05, 3.63) is 77.1 Å². The number of allylic oxidation sites excluding steroid dienone is 1. The first kappa shape index (κ1) is 25.6. The third-order valence-electron chi connectivity index (χ3n) is 4.62. The largest absolute Gasteiger partial charge is 0.483 e. The van der Waals surface area contributed by atoms with Crippen molar-refractivity contribution in [3.8, 4) is 5.75 Å². The smallest absolute Gasteiger partial charge is 0.416 e. The highest BCUT2D eigenvalue weighted by atomic mass is 35.5. The first-order chi connectivity index (χ1) is 16.1. The number of nitrogens with zero attached hydrogens (tertiary/aromatic N) is 3. The topological polar surface area (TPSA) is 69.0 Å². The molecule has 1 amide bonds. The van der Waals surface area contributed by atoms with Gasteiger partial charge in [0.2, 0.25) is 5.91 Å². The van der Waals surface area contributed by atoms with E-state index in [0.29, 0.717) is 23.3 Å². The predicted octanol–water partition coefficient (Wildman–Crippen LogP) is 6.32. The molecule has 0 saturated heterocycles. The van der Waals surface area contributed by atoms with Crippen LogP contribution in [0.15, 0.2) is 60.3 Å². The second kappa shape index (κ2) is 11.0. The van der Waals surface area contributed by atoms with E-state index in [1.165, 1.54) is 0 Å². The Labute approximate surface area is 204 Å². The summed E-state index contributed by atoms with van der Waals surface area (Å²) >= 11 is 7.03. The van der Waals surface area contributed by atoms with E-state index in [2.05, 4.69) is 22.1 Å². The number of ether oxygens (including phenoxy) is 1. The van der Waals surface area contributed by atoms with Crippen molar-refractivity contribution in [2.24, 2.45) is 0 Å². The molecule has 0 radical (unpaired) electrons. The van der Waals surface area contributed by atoms with Gasteiger partial charge in [0.15, 0.2) is 17.1 Å². The molecule has 0 saturated carbocycles. The third kappa shape index (κ3) is 6.54. The maximum Gasteiger partial charge on any atom is 0.416 e. The number of aryl methyl sites for hydroxylation is 1. The summed E-state index contributed by atoms with van der Waals surface area (Å²) in [4.78, 5) is 12.4. The van der Waals surface area contributed by atoms with Gasteiger partial charge in [-0.25, -0.2) is 0 Å². The van der Waals surface area contributed by atoms with Gasteiger partial charge in [0.25, 0.3) is 0 Å². The van der Waals surface area contributed by atoms with Gasteiger partial charge in [0.05, 0.1) is 22.0 Å². The van der Waals surface area contributed by atoms with E-state index in [0.717, 1.165) is 35.5 Å². The number of aromatic nitrogens is 3. The van der Waals surface area contributed by atoms with Crippen LogP contribution in [-0.4, -0.2) is 26.4 Å². The standard InChI is InChI=1S/C23H22ClF3N4O2S/c1-4-10-31-21(15(3)33-17-7-5-6-14(2)11-17)29-30-22(31)34-13-20(32)28-19-12-16(23(25,26)27)8-9-18(19)24/h4-9,11-12,15H,1,10,13H2,2-3H3,(H,28,32). The van der Waals surface area contributed by atoms with Crippen molar-refractivity contribution in [2.75, 3.05) is 11.1 Å². The van der Waals surface area contributed by atoms with Crippen molar-refractivity contribution in [1.29, 1.82) is 0 Å². The van der Waals surface area contributed by atoms with Gasteiger partial charge in [-0.2, -0.15) is 13.2 Å². The summed E-state index contributed by atoms with van der Waals surface area (Å²) in [6, 6.07) is 10.3. The molecule has 0 aliphatic rings. The van der Waals surface area contributed by atoms with E-state index in [1.54, 1.807) is 10.6 Å². The number of amides is 1. The number of halogens is 4. The Morgan fingerprint density at radius 1 is 1.29 bits per heavy atom. The van der Waals surface area contributed by atoms with Gasteiger partial charge in [-0.15, -0.1) is 16.8 Å². The minimum atomic E-state index is -4.55. The molecule has 2 aromatic carbocycles. The third-order valence-corrected chi connectivity index (χ3v) is 5.92. The summed E-state index contributed by atoms with van der Waals surface area (Å²) in [7, 11) is 0. The number of carbonyl (C=O) groups is 1. The SMILES string of the molecule is C=CCn1c(SCC(=O)Nc2cc(C(F)(F)F)ccc2Cl)nnc1C(C)Oc1cccc(C)c1. The van der Waals surface area contributed by atoms with E-state index in [4.69, 9.17) is 16.3 Å². The van der Waals surface area contributed by atoms with Crippen LogP contribution < -0.4 is 10.1 Å². The van der Waals surface area contributed by atoms with Crippen LogP contribution in [-0.2, 0) is 17.5 Å². The molecule has 0 spiro atoms. The number of nitrogens with one attached hydrogen (secondary N) is 1. The molecule has 34 heavy (non-hydrogen) atoms. The molecule has 6 nitrogen and oxygen atoms in total. The average Bonchev–Trinajstić information content (AvgIpc) is 3.16. The normalized spacial score (nSPS) is 12.3. The quantitative estimate of drug-likeness (QED) is 0.269. The lowest BCUT2D eigenvalue weighted by Crippen LogP contribution is -2.16. The van der Waals surface area contributed by atoms with E-state index in [1.807, 2.05) is 38.1 Å². The monoisotopic (exact) mass is 510 g/mol. The molecule has 1 aromatic heterocycles. The van der Waals surface area contributed by atoms with Crippen molar-refractivity contribution in [3.63, 3.8) is 0 Å². The molecule has 11 heteroatoms. The van der Waals surface area contributed by atoms with E-state index < -0.39 is 23.8 Å². The van der Waals surface area contributed by atoms with Crippen LogP contribution in [0.4, 0.5) is 18.9 Å². The molecule has 0 bridgehead atoms. The van der Waals surface area contributed by atoms with Gasteiger partial charge in [-0.3, -0.25) is 9.36 Å². The number of benzene rings is 2.